The topological polar surface area (TPSA) is 37.4 Å². The maximum absolute atomic E-state index is 12.5. The van der Waals surface area contributed by atoms with E-state index in [1.807, 2.05) is 23.1 Å². The molecular weight excluding hydrogens is 246 g/mol. The number of ketones is 1. The number of hydrogen-bond acceptors (Lipinski definition) is 3. The quantitative estimate of drug-likeness (QED) is 0.776. The third-order valence-electron chi connectivity index (χ3n) is 3.63. The summed E-state index contributed by atoms with van der Waals surface area (Å²) in [6, 6.07) is 8.13. The van der Waals surface area contributed by atoms with Crippen LogP contribution < -0.4 is 0 Å². The van der Waals surface area contributed by atoms with Gasteiger partial charge in [0.1, 0.15) is 5.78 Å². The van der Waals surface area contributed by atoms with E-state index >= 15 is 0 Å². The van der Waals surface area contributed by atoms with Crippen LogP contribution in [0, 0.1) is 0 Å². The van der Waals surface area contributed by atoms with E-state index in [4.69, 9.17) is 0 Å². The maximum atomic E-state index is 12.5. The predicted molar refractivity (Wildman–Crippen MR) is 70.7 cm³/mol. The molecule has 1 fully saturated rings. The van der Waals surface area contributed by atoms with Gasteiger partial charge in [-0.2, -0.15) is 0 Å². The Bertz CT molecular complexity index is 490. The predicted octanol–water partition coefficient (Wildman–Crippen LogP) is 2.07. The number of thioether (sulfide) groups is 1. The van der Waals surface area contributed by atoms with Crippen molar-refractivity contribution in [3.8, 4) is 0 Å². The van der Waals surface area contributed by atoms with Crippen LogP contribution in [0.4, 0.5) is 0 Å². The molecule has 0 aliphatic carbocycles. The van der Waals surface area contributed by atoms with E-state index in [0.717, 1.165) is 11.3 Å². The molecule has 0 N–H and O–H groups in total. The first-order valence-electron chi connectivity index (χ1n) is 6.28. The summed E-state index contributed by atoms with van der Waals surface area (Å²) in [7, 11) is 0. The third kappa shape index (κ3) is 2.05. The molecule has 1 saturated heterocycles. The zero-order valence-corrected chi connectivity index (χ0v) is 10.9. The van der Waals surface area contributed by atoms with Gasteiger partial charge in [0.15, 0.2) is 0 Å². The molecule has 1 aromatic rings. The molecule has 2 heterocycles. The van der Waals surface area contributed by atoms with E-state index in [9.17, 15) is 9.59 Å². The van der Waals surface area contributed by atoms with Crippen LogP contribution in [-0.2, 0) is 9.59 Å². The Morgan fingerprint density at radius 2 is 1.94 bits per heavy atom. The van der Waals surface area contributed by atoms with E-state index < -0.39 is 0 Å². The van der Waals surface area contributed by atoms with Crippen molar-refractivity contribution in [2.45, 2.75) is 23.7 Å². The second kappa shape index (κ2) is 4.76. The summed E-state index contributed by atoms with van der Waals surface area (Å²) in [6.45, 7) is 1.20. The number of Topliss-reactive ketones (excluding diaryl/α,β-unsaturated/α-hetero) is 1. The fraction of sp³-hybridized carbons (Fsp3) is 0.429. The Labute approximate surface area is 111 Å². The lowest BCUT2D eigenvalue weighted by Gasteiger charge is -2.28. The molecule has 4 heteroatoms. The van der Waals surface area contributed by atoms with Crippen molar-refractivity contribution in [3.63, 3.8) is 0 Å². The van der Waals surface area contributed by atoms with Gasteiger partial charge in [0.05, 0.1) is 5.92 Å². The molecule has 0 saturated carbocycles. The Morgan fingerprint density at radius 3 is 2.72 bits per heavy atom. The molecule has 2 aliphatic heterocycles. The number of carbonyl (C=O) groups excluding carboxylic acids is 2. The van der Waals surface area contributed by atoms with Crippen LogP contribution in [0.2, 0.25) is 0 Å². The number of nitrogens with zero attached hydrogens (tertiary/aromatic N) is 1. The Kier molecular flexibility index (Phi) is 3.12. The minimum atomic E-state index is -0.0144. The molecule has 3 rings (SSSR count). The van der Waals surface area contributed by atoms with Crippen LogP contribution in [0.5, 0.6) is 0 Å². The molecule has 1 unspecified atom stereocenters. The molecule has 2 aliphatic rings. The molecule has 1 amide bonds. The van der Waals surface area contributed by atoms with Crippen molar-refractivity contribution in [1.29, 1.82) is 0 Å². The largest absolute Gasteiger partial charge is 0.341 e. The molecule has 0 radical (unpaired) electrons. The van der Waals surface area contributed by atoms with Gasteiger partial charge in [-0.25, -0.2) is 0 Å². The van der Waals surface area contributed by atoms with E-state index in [2.05, 4.69) is 6.07 Å². The molecule has 1 atom stereocenters. The number of piperidine rings is 1. The number of amides is 1. The average Bonchev–Trinajstić information content (AvgIpc) is 2.82. The lowest BCUT2D eigenvalue weighted by molar-refractivity contribution is -0.135. The zero-order chi connectivity index (χ0) is 12.5. The summed E-state index contributed by atoms with van der Waals surface area (Å²) in [5, 5.41) is 0. The Hall–Kier alpha value is -1.29. The fourth-order valence-electron chi connectivity index (χ4n) is 2.56. The maximum Gasteiger partial charge on any atom is 0.231 e. The number of fused-ring (bicyclic) bond motifs is 1. The van der Waals surface area contributed by atoms with Gasteiger partial charge >= 0.3 is 0 Å². The molecular formula is C14H15NO2S. The first-order valence-corrected chi connectivity index (χ1v) is 7.26. The summed E-state index contributed by atoms with van der Waals surface area (Å²) in [5.74, 6) is 1.29. The van der Waals surface area contributed by atoms with Gasteiger partial charge in [0, 0.05) is 36.6 Å². The van der Waals surface area contributed by atoms with Crippen molar-refractivity contribution in [1.82, 2.24) is 4.90 Å². The first kappa shape index (κ1) is 11.8. The average molecular weight is 261 g/mol. The Balaban J connectivity index is 1.76. The van der Waals surface area contributed by atoms with Gasteiger partial charge in [-0.05, 0) is 11.6 Å². The normalized spacial score (nSPS) is 23.0. The van der Waals surface area contributed by atoms with Crippen LogP contribution in [0.1, 0.15) is 24.3 Å². The second-order valence-corrected chi connectivity index (χ2v) is 5.83. The number of carbonyl (C=O) groups is 2. The number of hydrogen-bond donors (Lipinski definition) is 0. The summed E-state index contributed by atoms with van der Waals surface area (Å²) in [5.41, 5.74) is 1.16. The summed E-state index contributed by atoms with van der Waals surface area (Å²) >= 11 is 1.75. The smallest absolute Gasteiger partial charge is 0.231 e. The highest BCUT2D eigenvalue weighted by molar-refractivity contribution is 7.99. The molecule has 1 aromatic carbocycles. The number of likely N-dealkylation sites (tertiary alicyclic amines) is 1. The zero-order valence-electron chi connectivity index (χ0n) is 10.1. The van der Waals surface area contributed by atoms with Gasteiger partial charge in [-0.3, -0.25) is 9.59 Å². The van der Waals surface area contributed by atoms with Crippen molar-refractivity contribution in [3.05, 3.63) is 29.8 Å². The number of benzene rings is 1. The molecule has 0 spiro atoms. The van der Waals surface area contributed by atoms with Crippen molar-refractivity contribution < 1.29 is 9.59 Å². The van der Waals surface area contributed by atoms with Crippen LogP contribution in [0.25, 0.3) is 0 Å². The van der Waals surface area contributed by atoms with Gasteiger partial charge in [0.2, 0.25) is 5.91 Å². The molecule has 94 valence electrons. The van der Waals surface area contributed by atoms with Gasteiger partial charge < -0.3 is 4.90 Å². The van der Waals surface area contributed by atoms with Crippen molar-refractivity contribution in [2.75, 3.05) is 18.8 Å². The second-order valence-electron chi connectivity index (χ2n) is 4.77. The minimum absolute atomic E-state index is 0.0144. The van der Waals surface area contributed by atoms with Crippen LogP contribution in [-0.4, -0.2) is 35.4 Å². The molecule has 0 bridgehead atoms. The van der Waals surface area contributed by atoms with E-state index in [1.165, 1.54) is 4.90 Å². The lowest BCUT2D eigenvalue weighted by Crippen LogP contribution is -2.41. The van der Waals surface area contributed by atoms with Crippen molar-refractivity contribution in [2.24, 2.45) is 0 Å². The van der Waals surface area contributed by atoms with E-state index in [-0.39, 0.29) is 17.6 Å². The van der Waals surface area contributed by atoms with Crippen LogP contribution in [0.3, 0.4) is 0 Å². The van der Waals surface area contributed by atoms with Crippen molar-refractivity contribution >= 4 is 23.5 Å². The standard InChI is InChI=1S/C14H15NO2S/c16-10-5-7-15(8-6-10)14(17)12-9-18-13-4-2-1-3-11(12)13/h1-4,12H,5-9H2. The highest BCUT2D eigenvalue weighted by atomic mass is 32.2. The fourth-order valence-corrected chi connectivity index (χ4v) is 3.78. The van der Waals surface area contributed by atoms with E-state index in [0.29, 0.717) is 25.9 Å². The molecule has 18 heavy (non-hydrogen) atoms. The minimum Gasteiger partial charge on any atom is -0.341 e. The number of rotatable bonds is 1. The summed E-state index contributed by atoms with van der Waals surface area (Å²) in [4.78, 5) is 26.8. The highest BCUT2D eigenvalue weighted by Gasteiger charge is 2.33. The summed E-state index contributed by atoms with van der Waals surface area (Å²) in [6.07, 6.45) is 1.04. The Morgan fingerprint density at radius 1 is 1.22 bits per heavy atom. The summed E-state index contributed by atoms with van der Waals surface area (Å²) < 4.78 is 0. The molecule has 3 nitrogen and oxygen atoms in total. The van der Waals surface area contributed by atoms with E-state index in [1.54, 1.807) is 11.8 Å². The SMILES string of the molecule is O=C1CCN(C(=O)C2CSc3ccccc32)CC1. The van der Waals surface area contributed by atoms with Gasteiger partial charge in [-0.1, -0.05) is 18.2 Å². The third-order valence-corrected chi connectivity index (χ3v) is 4.81. The first-order chi connectivity index (χ1) is 8.75. The van der Waals surface area contributed by atoms with Gasteiger partial charge in [0.25, 0.3) is 0 Å². The van der Waals surface area contributed by atoms with Crippen LogP contribution >= 0.6 is 11.8 Å². The lowest BCUT2D eigenvalue weighted by atomic mass is 9.98. The van der Waals surface area contributed by atoms with Gasteiger partial charge in [-0.15, -0.1) is 11.8 Å². The monoisotopic (exact) mass is 261 g/mol. The van der Waals surface area contributed by atoms with Crippen LogP contribution in [0.15, 0.2) is 29.2 Å². The highest BCUT2D eigenvalue weighted by Crippen LogP contribution is 2.40. The molecule has 0 aromatic heterocycles.